The highest BCUT2D eigenvalue weighted by Crippen LogP contribution is 2.25. The van der Waals surface area contributed by atoms with Gasteiger partial charge in [-0.3, -0.25) is 9.59 Å². The number of anilines is 1. The Morgan fingerprint density at radius 3 is 2.52 bits per heavy atom. The molecule has 0 saturated carbocycles. The van der Waals surface area contributed by atoms with Crippen LogP contribution in [0.3, 0.4) is 0 Å². The number of carbonyl (C=O) groups is 2. The molecule has 0 fully saturated rings. The minimum Gasteiger partial charge on any atom is -0.342 e. The molecule has 3 aromatic rings. The van der Waals surface area contributed by atoms with Gasteiger partial charge in [0.1, 0.15) is 0 Å². The Hall–Kier alpha value is -2.26. The van der Waals surface area contributed by atoms with Crippen molar-refractivity contribution in [1.82, 2.24) is 20.1 Å². The normalized spacial score (nSPS) is 11.8. The van der Waals surface area contributed by atoms with Crippen LogP contribution in [0, 0.1) is 0 Å². The summed E-state index contributed by atoms with van der Waals surface area (Å²) in [5.41, 5.74) is 0.932. The van der Waals surface area contributed by atoms with E-state index in [9.17, 15) is 9.59 Å². The lowest BCUT2D eigenvalue weighted by atomic mass is 10.2. The van der Waals surface area contributed by atoms with E-state index in [1.165, 1.54) is 11.8 Å². The van der Waals surface area contributed by atoms with Crippen molar-refractivity contribution < 1.29 is 9.59 Å². The molecule has 162 valence electrons. The summed E-state index contributed by atoms with van der Waals surface area (Å²) < 4.78 is 1.73. The number of hydrogen-bond donors (Lipinski definition) is 2. The average Bonchev–Trinajstić information content (AvgIpc) is 3.10. The van der Waals surface area contributed by atoms with Crippen LogP contribution in [0.5, 0.6) is 0 Å². The minimum absolute atomic E-state index is 0.118. The van der Waals surface area contributed by atoms with E-state index in [1.807, 2.05) is 0 Å². The van der Waals surface area contributed by atoms with E-state index < -0.39 is 6.04 Å². The van der Waals surface area contributed by atoms with Crippen LogP contribution in [-0.4, -0.2) is 32.3 Å². The van der Waals surface area contributed by atoms with Crippen molar-refractivity contribution >= 4 is 64.1 Å². The standard InChI is InChI=1S/C20H18Cl3N5O2S/c1-11(24-19(30)13-5-3-4-6-14(13)21)18-26-27-20(28(18)2)31-10-17(29)25-12-7-8-15(22)16(23)9-12/h3-9,11H,10H2,1-2H3,(H,24,30)(H,25,29)/t11-/m0/s1. The lowest BCUT2D eigenvalue weighted by Gasteiger charge is -2.14. The first-order valence-electron chi connectivity index (χ1n) is 9.08. The summed E-state index contributed by atoms with van der Waals surface area (Å²) in [5, 5.41) is 15.6. The van der Waals surface area contributed by atoms with Gasteiger partial charge in [-0.1, -0.05) is 58.7 Å². The summed E-state index contributed by atoms with van der Waals surface area (Å²) in [4.78, 5) is 24.7. The van der Waals surface area contributed by atoms with Crippen LogP contribution in [-0.2, 0) is 11.8 Å². The first-order chi connectivity index (χ1) is 14.8. The van der Waals surface area contributed by atoms with E-state index in [-0.39, 0.29) is 17.6 Å². The van der Waals surface area contributed by atoms with Crippen LogP contribution >= 0.6 is 46.6 Å². The second-order valence-corrected chi connectivity index (χ2v) is 8.70. The number of amides is 2. The third kappa shape index (κ3) is 5.92. The zero-order valence-corrected chi connectivity index (χ0v) is 19.6. The molecule has 3 rings (SSSR count). The van der Waals surface area contributed by atoms with E-state index in [0.717, 1.165) is 0 Å². The highest BCUT2D eigenvalue weighted by atomic mass is 35.5. The van der Waals surface area contributed by atoms with Crippen molar-refractivity contribution in [1.29, 1.82) is 0 Å². The van der Waals surface area contributed by atoms with E-state index >= 15 is 0 Å². The van der Waals surface area contributed by atoms with Crippen LogP contribution in [0.2, 0.25) is 15.1 Å². The number of nitrogens with one attached hydrogen (secondary N) is 2. The zero-order valence-electron chi connectivity index (χ0n) is 16.5. The van der Waals surface area contributed by atoms with Gasteiger partial charge in [-0.15, -0.1) is 10.2 Å². The van der Waals surface area contributed by atoms with E-state index in [0.29, 0.717) is 37.3 Å². The van der Waals surface area contributed by atoms with Crippen LogP contribution in [0.1, 0.15) is 29.1 Å². The summed E-state index contributed by atoms with van der Waals surface area (Å²) >= 11 is 19.1. The molecule has 31 heavy (non-hydrogen) atoms. The largest absolute Gasteiger partial charge is 0.342 e. The number of nitrogens with zero attached hydrogens (tertiary/aromatic N) is 3. The van der Waals surface area contributed by atoms with Gasteiger partial charge < -0.3 is 15.2 Å². The van der Waals surface area contributed by atoms with Gasteiger partial charge in [0.05, 0.1) is 32.4 Å². The molecule has 7 nitrogen and oxygen atoms in total. The van der Waals surface area contributed by atoms with Crippen molar-refractivity contribution in [2.45, 2.75) is 18.1 Å². The molecule has 0 saturated heterocycles. The average molecular weight is 499 g/mol. The Bertz CT molecular complexity index is 1120. The fraction of sp³-hybridized carbons (Fsp3) is 0.200. The summed E-state index contributed by atoms with van der Waals surface area (Å²) in [6.07, 6.45) is 0. The van der Waals surface area contributed by atoms with E-state index in [2.05, 4.69) is 20.8 Å². The molecular weight excluding hydrogens is 481 g/mol. The van der Waals surface area contributed by atoms with Gasteiger partial charge in [-0.05, 0) is 37.3 Å². The Kier molecular flexibility index (Phi) is 7.83. The minimum atomic E-state index is -0.416. The predicted molar refractivity (Wildman–Crippen MR) is 124 cm³/mol. The summed E-state index contributed by atoms with van der Waals surface area (Å²) in [7, 11) is 1.77. The Morgan fingerprint density at radius 1 is 1.06 bits per heavy atom. The molecule has 1 heterocycles. The molecule has 0 radical (unpaired) electrons. The number of aromatic nitrogens is 3. The second-order valence-electron chi connectivity index (χ2n) is 6.54. The molecule has 0 aliphatic carbocycles. The molecule has 0 aliphatic rings. The molecule has 0 aliphatic heterocycles. The highest BCUT2D eigenvalue weighted by molar-refractivity contribution is 7.99. The third-order valence-electron chi connectivity index (χ3n) is 4.26. The molecule has 2 aromatic carbocycles. The number of hydrogen-bond acceptors (Lipinski definition) is 5. The lowest BCUT2D eigenvalue weighted by Crippen LogP contribution is -2.28. The fourth-order valence-corrected chi connectivity index (χ4v) is 3.95. The Balaban J connectivity index is 1.59. The Labute approximate surface area is 198 Å². The first kappa shape index (κ1) is 23.4. The molecule has 0 bridgehead atoms. The van der Waals surface area contributed by atoms with Crippen LogP contribution in [0.15, 0.2) is 47.6 Å². The fourth-order valence-electron chi connectivity index (χ4n) is 2.71. The molecule has 11 heteroatoms. The van der Waals surface area contributed by atoms with Crippen LogP contribution in [0.4, 0.5) is 5.69 Å². The van der Waals surface area contributed by atoms with Crippen molar-refractivity contribution in [2.24, 2.45) is 7.05 Å². The van der Waals surface area contributed by atoms with Gasteiger partial charge >= 0.3 is 0 Å². The van der Waals surface area contributed by atoms with Gasteiger partial charge in [0.2, 0.25) is 5.91 Å². The maximum atomic E-state index is 12.5. The number of carbonyl (C=O) groups excluding carboxylic acids is 2. The predicted octanol–water partition coefficient (Wildman–Crippen LogP) is 5.00. The van der Waals surface area contributed by atoms with Gasteiger partial charge in [0, 0.05) is 12.7 Å². The lowest BCUT2D eigenvalue weighted by molar-refractivity contribution is -0.113. The van der Waals surface area contributed by atoms with E-state index in [4.69, 9.17) is 34.8 Å². The van der Waals surface area contributed by atoms with Gasteiger partial charge in [-0.2, -0.15) is 0 Å². The smallest absolute Gasteiger partial charge is 0.253 e. The number of thioether (sulfide) groups is 1. The quantitative estimate of drug-likeness (QED) is 0.448. The summed E-state index contributed by atoms with van der Waals surface area (Å²) in [5.74, 6) is 0.129. The van der Waals surface area contributed by atoms with Crippen molar-refractivity contribution in [3.8, 4) is 0 Å². The first-order valence-corrected chi connectivity index (χ1v) is 11.2. The van der Waals surface area contributed by atoms with Crippen LogP contribution < -0.4 is 10.6 Å². The summed E-state index contributed by atoms with van der Waals surface area (Å²) in [6.45, 7) is 1.80. The zero-order chi connectivity index (χ0) is 22.5. The highest BCUT2D eigenvalue weighted by Gasteiger charge is 2.20. The topological polar surface area (TPSA) is 88.9 Å². The molecule has 2 N–H and O–H groups in total. The molecular formula is C20H18Cl3N5O2S. The van der Waals surface area contributed by atoms with Gasteiger partial charge in [-0.25, -0.2) is 0 Å². The third-order valence-corrected chi connectivity index (χ3v) is 6.35. The maximum Gasteiger partial charge on any atom is 0.253 e. The molecule has 2 amide bonds. The number of halogens is 3. The molecule has 1 atom stereocenters. The van der Waals surface area contributed by atoms with Crippen molar-refractivity contribution in [3.05, 3.63) is 68.9 Å². The Morgan fingerprint density at radius 2 is 1.81 bits per heavy atom. The molecule has 1 aromatic heterocycles. The molecule has 0 spiro atoms. The number of benzene rings is 2. The maximum absolute atomic E-state index is 12.5. The molecule has 0 unspecified atom stereocenters. The van der Waals surface area contributed by atoms with Crippen molar-refractivity contribution in [2.75, 3.05) is 11.1 Å². The summed E-state index contributed by atoms with van der Waals surface area (Å²) in [6, 6.07) is 11.2. The van der Waals surface area contributed by atoms with Crippen LogP contribution in [0.25, 0.3) is 0 Å². The van der Waals surface area contributed by atoms with Gasteiger partial charge in [0.15, 0.2) is 11.0 Å². The van der Waals surface area contributed by atoms with E-state index in [1.54, 1.807) is 61.0 Å². The van der Waals surface area contributed by atoms with Crippen molar-refractivity contribution in [3.63, 3.8) is 0 Å². The van der Waals surface area contributed by atoms with Gasteiger partial charge in [0.25, 0.3) is 5.91 Å². The SMILES string of the molecule is C[C@H](NC(=O)c1ccccc1Cl)c1nnc(SCC(=O)Nc2ccc(Cl)c(Cl)c2)n1C. The second kappa shape index (κ2) is 10.4. The monoisotopic (exact) mass is 497 g/mol. The number of rotatable bonds is 7.